The number of fused-ring (bicyclic) bond motifs is 7. The van der Waals surface area contributed by atoms with Gasteiger partial charge >= 0.3 is 5.97 Å². The number of hydroxylamine groups is 2. The van der Waals surface area contributed by atoms with E-state index in [1.54, 1.807) is 24.1 Å². The van der Waals surface area contributed by atoms with E-state index in [-0.39, 0.29) is 37.3 Å². The van der Waals surface area contributed by atoms with Crippen LogP contribution in [0.2, 0.25) is 0 Å². The van der Waals surface area contributed by atoms with Crippen LogP contribution in [0, 0.1) is 34.4 Å². The largest absolute Gasteiger partial charge is 0.479 e. The molecule has 9 heteroatoms. The Bertz CT molecular complexity index is 1230. The molecule has 6 nitrogen and oxygen atoms in total. The van der Waals surface area contributed by atoms with Crippen LogP contribution in [0.4, 0.5) is 13.2 Å². The van der Waals surface area contributed by atoms with Gasteiger partial charge in [0.2, 0.25) is 0 Å². The van der Waals surface area contributed by atoms with Gasteiger partial charge in [-0.15, -0.1) is 0 Å². The van der Waals surface area contributed by atoms with Crippen molar-refractivity contribution in [2.75, 3.05) is 6.54 Å². The maximum Gasteiger partial charge on any atom is 0.339 e. The summed E-state index contributed by atoms with van der Waals surface area (Å²) in [4.78, 5) is 31.1. The third kappa shape index (κ3) is 2.99. The highest BCUT2D eigenvalue weighted by molar-refractivity contribution is 6.01. The lowest BCUT2D eigenvalue weighted by Gasteiger charge is -2.63. The first-order valence-electron chi connectivity index (χ1n) is 12.7. The zero-order valence-corrected chi connectivity index (χ0v) is 20.7. The molecule has 5 aliphatic rings. The average molecular weight is 518 g/mol. The predicted molar refractivity (Wildman–Crippen MR) is 126 cm³/mol. The first-order chi connectivity index (χ1) is 17.4. The van der Waals surface area contributed by atoms with Crippen molar-refractivity contribution in [1.82, 2.24) is 5.06 Å². The third-order valence-electron chi connectivity index (χ3n) is 10.3. The Morgan fingerprint density at radius 1 is 1.19 bits per heavy atom. The Hall–Kier alpha value is -2.49. The molecular formula is C28H30F3NO5. The van der Waals surface area contributed by atoms with Crippen molar-refractivity contribution in [3.8, 4) is 0 Å². The lowest BCUT2D eigenvalue weighted by Crippen LogP contribution is -2.70. The van der Waals surface area contributed by atoms with Gasteiger partial charge in [0.05, 0.1) is 6.10 Å². The van der Waals surface area contributed by atoms with Gasteiger partial charge in [-0.1, -0.05) is 25.1 Å². The second kappa shape index (κ2) is 7.77. The summed E-state index contributed by atoms with van der Waals surface area (Å²) in [5.41, 5.74) is -5.90. The number of nitrogens with zero attached hydrogens (tertiary/aromatic N) is 1. The first-order valence-corrected chi connectivity index (χ1v) is 12.7. The van der Waals surface area contributed by atoms with Crippen LogP contribution in [0.3, 0.4) is 0 Å². The Kier molecular flexibility index (Phi) is 5.21. The number of carboxylic acid groups (broad SMARTS) is 1. The van der Waals surface area contributed by atoms with Gasteiger partial charge in [0.25, 0.3) is 0 Å². The van der Waals surface area contributed by atoms with Crippen molar-refractivity contribution in [3.05, 3.63) is 59.4 Å². The summed E-state index contributed by atoms with van der Waals surface area (Å²) in [6.07, 6.45) is 0.439. The van der Waals surface area contributed by atoms with E-state index >= 15 is 8.78 Å². The summed E-state index contributed by atoms with van der Waals surface area (Å²) >= 11 is 0. The van der Waals surface area contributed by atoms with Crippen molar-refractivity contribution >= 4 is 11.8 Å². The highest BCUT2D eigenvalue weighted by Crippen LogP contribution is 2.72. The molecule has 4 fully saturated rings. The summed E-state index contributed by atoms with van der Waals surface area (Å²) in [6.45, 7) is 3.74. The second-order valence-corrected chi connectivity index (χ2v) is 11.9. The standard InChI is InChI=1S/C28H30F3NO5/c1-25-8-7-18(33)10-21(25)22(30)11-20-19-9-16-14-32(13-15-3-5-17(29)6-4-15)37-28(16,24(35)36)26(19,2)12-23(34)27(20,25)31/h3-8,10,16,19-20,22-23,34H,9,11-14H2,1-2H3,(H,35,36)/t16-,19-,20-,22-,23-,25-,26-,27-,28-/m0/s1. The number of hydrogen-bond donors (Lipinski definition) is 2. The van der Waals surface area contributed by atoms with Crippen LogP contribution in [0.5, 0.6) is 0 Å². The fourth-order valence-electron chi connectivity index (χ4n) is 8.57. The molecule has 4 aliphatic carbocycles. The molecular weight excluding hydrogens is 487 g/mol. The predicted octanol–water partition coefficient (Wildman–Crippen LogP) is 3.94. The summed E-state index contributed by atoms with van der Waals surface area (Å²) in [5.74, 6) is -4.02. The van der Waals surface area contributed by atoms with Gasteiger partial charge in [-0.05, 0) is 67.5 Å². The summed E-state index contributed by atoms with van der Waals surface area (Å²) in [5, 5.41) is 23.5. The maximum atomic E-state index is 17.3. The molecule has 1 aromatic carbocycles. The normalized spacial score (nSPS) is 46.6. The number of alkyl halides is 2. The van der Waals surface area contributed by atoms with E-state index in [0.717, 1.165) is 11.6 Å². The van der Waals surface area contributed by atoms with E-state index < -0.39 is 63.9 Å². The van der Waals surface area contributed by atoms with E-state index in [9.17, 15) is 24.2 Å². The second-order valence-electron chi connectivity index (χ2n) is 11.9. The first kappa shape index (κ1) is 24.8. The number of carbonyl (C=O) groups excluding carboxylic acids is 1. The molecule has 0 radical (unpaired) electrons. The molecule has 37 heavy (non-hydrogen) atoms. The number of allylic oxidation sites excluding steroid dienone is 4. The third-order valence-corrected chi connectivity index (χ3v) is 10.3. The summed E-state index contributed by atoms with van der Waals surface area (Å²) in [6, 6.07) is 5.85. The Morgan fingerprint density at radius 2 is 1.89 bits per heavy atom. The van der Waals surface area contributed by atoms with Gasteiger partial charge in [0.15, 0.2) is 17.1 Å². The highest BCUT2D eigenvalue weighted by atomic mass is 19.1. The molecule has 1 aromatic rings. The smallest absolute Gasteiger partial charge is 0.339 e. The minimum absolute atomic E-state index is 0.0364. The van der Waals surface area contributed by atoms with Crippen LogP contribution in [-0.2, 0) is 21.0 Å². The Labute approximate surface area is 212 Å². The molecule has 0 bridgehead atoms. The van der Waals surface area contributed by atoms with Crippen LogP contribution in [-0.4, -0.2) is 57.1 Å². The number of carboxylic acids is 1. The van der Waals surface area contributed by atoms with Gasteiger partial charge in [-0.3, -0.25) is 9.63 Å². The van der Waals surface area contributed by atoms with Crippen molar-refractivity contribution in [1.29, 1.82) is 0 Å². The molecule has 0 spiro atoms. The number of ketones is 1. The van der Waals surface area contributed by atoms with Crippen LogP contribution in [0.25, 0.3) is 0 Å². The summed E-state index contributed by atoms with van der Waals surface area (Å²) in [7, 11) is 0. The molecule has 1 heterocycles. The van der Waals surface area contributed by atoms with Gasteiger partial charge in [-0.2, -0.15) is 5.06 Å². The number of aliphatic hydroxyl groups is 1. The minimum Gasteiger partial charge on any atom is -0.479 e. The van der Waals surface area contributed by atoms with Crippen LogP contribution in [0.1, 0.15) is 38.7 Å². The van der Waals surface area contributed by atoms with E-state index in [0.29, 0.717) is 6.42 Å². The molecule has 1 aliphatic heterocycles. The van der Waals surface area contributed by atoms with Crippen molar-refractivity contribution in [3.63, 3.8) is 0 Å². The fraction of sp³-hybridized carbons (Fsp3) is 0.571. The van der Waals surface area contributed by atoms with Gasteiger partial charge in [-0.25, -0.2) is 18.0 Å². The molecule has 0 unspecified atom stereocenters. The zero-order valence-electron chi connectivity index (χ0n) is 20.7. The number of rotatable bonds is 3. The highest BCUT2D eigenvalue weighted by Gasteiger charge is 2.80. The van der Waals surface area contributed by atoms with Crippen LogP contribution in [0.15, 0.2) is 48.1 Å². The van der Waals surface area contributed by atoms with Crippen molar-refractivity contribution in [2.45, 2.75) is 63.2 Å². The molecule has 1 saturated heterocycles. The number of benzene rings is 1. The average Bonchev–Trinajstić information content (AvgIpc) is 3.31. The summed E-state index contributed by atoms with van der Waals surface area (Å²) < 4.78 is 46.2. The zero-order chi connectivity index (χ0) is 26.5. The lowest BCUT2D eigenvalue weighted by atomic mass is 9.44. The molecule has 0 aromatic heterocycles. The van der Waals surface area contributed by atoms with Gasteiger partial charge < -0.3 is 10.2 Å². The molecule has 0 amide bonds. The van der Waals surface area contributed by atoms with Crippen molar-refractivity contribution < 1.29 is 37.8 Å². The number of carbonyl (C=O) groups is 2. The van der Waals surface area contributed by atoms with E-state index in [1.165, 1.54) is 31.2 Å². The van der Waals surface area contributed by atoms with Gasteiger partial charge in [0, 0.05) is 35.8 Å². The number of halogens is 3. The fourth-order valence-corrected chi connectivity index (χ4v) is 8.57. The van der Waals surface area contributed by atoms with Gasteiger partial charge in [0.1, 0.15) is 12.0 Å². The monoisotopic (exact) mass is 517 g/mol. The molecule has 6 rings (SSSR count). The van der Waals surface area contributed by atoms with E-state index in [4.69, 9.17) is 4.84 Å². The van der Waals surface area contributed by atoms with E-state index in [2.05, 4.69) is 0 Å². The Balaban J connectivity index is 1.38. The number of aliphatic hydroxyl groups excluding tert-OH is 1. The number of aliphatic carboxylic acids is 1. The SMILES string of the molecule is C[C@]12C=CC(=O)C=C1[C@@H](F)C[C@H]1[C@@H]3C[C@H]4CN(Cc5ccc(F)cc5)O[C@@]4(C(=O)O)[C@@]3(C)C[C@H](O)[C@@]12F. The topological polar surface area (TPSA) is 87.1 Å². The molecule has 9 atom stereocenters. The minimum atomic E-state index is -2.27. The van der Waals surface area contributed by atoms with Crippen molar-refractivity contribution in [2.24, 2.45) is 28.6 Å². The molecule has 2 N–H and O–H groups in total. The Morgan fingerprint density at radius 3 is 2.57 bits per heavy atom. The molecule has 3 saturated carbocycles. The van der Waals surface area contributed by atoms with Crippen LogP contribution >= 0.6 is 0 Å². The van der Waals surface area contributed by atoms with Crippen LogP contribution < -0.4 is 0 Å². The quantitative estimate of drug-likeness (QED) is 0.632. The van der Waals surface area contributed by atoms with E-state index in [1.807, 2.05) is 0 Å². The lowest BCUT2D eigenvalue weighted by molar-refractivity contribution is -0.275. The maximum absolute atomic E-state index is 17.3. The molecule has 198 valence electrons. The number of hydrogen-bond acceptors (Lipinski definition) is 5.